The Balaban J connectivity index is 1.66. The molecule has 2 nitrogen and oxygen atoms in total. The molecule has 5 aromatic rings. The number of para-hydroxylation sites is 1. The fourth-order valence-corrected chi connectivity index (χ4v) is 4.03. The van der Waals surface area contributed by atoms with E-state index in [-0.39, 0.29) is 0 Å². The molecule has 0 spiro atoms. The van der Waals surface area contributed by atoms with Gasteiger partial charge in [-0.1, -0.05) is 62.4 Å². The van der Waals surface area contributed by atoms with Crippen LogP contribution in [-0.4, -0.2) is 4.98 Å². The van der Waals surface area contributed by atoms with Gasteiger partial charge in [-0.05, 0) is 59.4 Å². The highest BCUT2D eigenvalue weighted by atomic mass is 16.3. The van der Waals surface area contributed by atoms with E-state index in [0.717, 1.165) is 45.2 Å². The quantitative estimate of drug-likeness (QED) is 0.324. The first-order valence-corrected chi connectivity index (χ1v) is 10.1. The van der Waals surface area contributed by atoms with Crippen LogP contribution in [0.4, 0.5) is 0 Å². The highest BCUT2D eigenvalue weighted by Crippen LogP contribution is 2.37. The first-order valence-electron chi connectivity index (χ1n) is 10.1. The molecule has 0 aliphatic carbocycles. The molecular formula is C27H23NO. The Morgan fingerprint density at radius 1 is 0.793 bits per heavy atom. The van der Waals surface area contributed by atoms with E-state index >= 15 is 0 Å². The van der Waals surface area contributed by atoms with E-state index < -0.39 is 0 Å². The number of pyridine rings is 1. The van der Waals surface area contributed by atoms with Gasteiger partial charge in [0.2, 0.25) is 0 Å². The molecule has 0 aliphatic rings. The summed E-state index contributed by atoms with van der Waals surface area (Å²) in [6, 6.07) is 27.5. The molecule has 0 N–H and O–H groups in total. The van der Waals surface area contributed by atoms with Crippen molar-refractivity contribution in [3.8, 4) is 22.4 Å². The molecule has 142 valence electrons. The second-order valence-corrected chi connectivity index (χ2v) is 8.01. The summed E-state index contributed by atoms with van der Waals surface area (Å²) in [7, 11) is 0. The third kappa shape index (κ3) is 3.31. The Hall–Kier alpha value is -3.39. The van der Waals surface area contributed by atoms with Crippen molar-refractivity contribution < 1.29 is 4.42 Å². The molecular weight excluding hydrogens is 354 g/mol. The van der Waals surface area contributed by atoms with E-state index in [0.29, 0.717) is 5.92 Å². The smallest absolute Gasteiger partial charge is 0.144 e. The molecule has 0 aliphatic heterocycles. The number of fused-ring (bicyclic) bond motifs is 3. The van der Waals surface area contributed by atoms with Crippen molar-refractivity contribution >= 4 is 21.9 Å². The highest BCUT2D eigenvalue weighted by Gasteiger charge is 2.14. The van der Waals surface area contributed by atoms with Gasteiger partial charge < -0.3 is 4.42 Å². The Bertz CT molecular complexity index is 1300. The van der Waals surface area contributed by atoms with Crippen molar-refractivity contribution in [2.75, 3.05) is 0 Å². The van der Waals surface area contributed by atoms with Gasteiger partial charge in [0.25, 0.3) is 0 Å². The maximum absolute atomic E-state index is 6.38. The van der Waals surface area contributed by atoms with Gasteiger partial charge in [0.15, 0.2) is 0 Å². The molecule has 0 atom stereocenters. The third-order valence-corrected chi connectivity index (χ3v) is 5.35. The molecule has 2 heteroatoms. The SMILES string of the molecule is CC(C)Cc1ccnc(-c2cccc3c2oc2cc(-c4ccccc4)ccc23)c1. The minimum atomic E-state index is 0.614. The average Bonchev–Trinajstić information content (AvgIpc) is 3.12. The number of furan rings is 1. The summed E-state index contributed by atoms with van der Waals surface area (Å²) in [5.41, 5.74) is 7.49. The summed E-state index contributed by atoms with van der Waals surface area (Å²) < 4.78 is 6.38. The monoisotopic (exact) mass is 377 g/mol. The molecule has 2 aromatic heterocycles. The van der Waals surface area contributed by atoms with Crippen LogP contribution in [0.5, 0.6) is 0 Å². The predicted molar refractivity (Wildman–Crippen MR) is 121 cm³/mol. The Labute approximate surface area is 170 Å². The molecule has 0 amide bonds. The van der Waals surface area contributed by atoms with Gasteiger partial charge in [-0.25, -0.2) is 0 Å². The second-order valence-electron chi connectivity index (χ2n) is 8.01. The average molecular weight is 377 g/mol. The lowest BCUT2D eigenvalue weighted by molar-refractivity contribution is 0.647. The first-order chi connectivity index (χ1) is 14.2. The minimum absolute atomic E-state index is 0.614. The van der Waals surface area contributed by atoms with Crippen LogP contribution in [0.2, 0.25) is 0 Å². The molecule has 0 saturated carbocycles. The number of hydrogen-bond donors (Lipinski definition) is 0. The van der Waals surface area contributed by atoms with Crippen molar-refractivity contribution in [2.45, 2.75) is 20.3 Å². The second kappa shape index (κ2) is 7.21. The largest absolute Gasteiger partial charge is 0.455 e. The van der Waals surface area contributed by atoms with Crippen LogP contribution in [0.1, 0.15) is 19.4 Å². The number of rotatable bonds is 4. The van der Waals surface area contributed by atoms with Gasteiger partial charge in [-0.2, -0.15) is 0 Å². The van der Waals surface area contributed by atoms with Crippen molar-refractivity contribution in [1.29, 1.82) is 0 Å². The Kier molecular flexibility index (Phi) is 4.40. The predicted octanol–water partition coefficient (Wildman–Crippen LogP) is 7.51. The summed E-state index contributed by atoms with van der Waals surface area (Å²) in [6.45, 7) is 4.48. The molecule has 2 heterocycles. The lowest BCUT2D eigenvalue weighted by Gasteiger charge is -2.07. The summed E-state index contributed by atoms with van der Waals surface area (Å²) >= 11 is 0. The van der Waals surface area contributed by atoms with Crippen molar-refractivity contribution in [1.82, 2.24) is 4.98 Å². The topological polar surface area (TPSA) is 26.0 Å². The fraction of sp³-hybridized carbons (Fsp3) is 0.148. The molecule has 0 unspecified atom stereocenters. The molecule has 5 rings (SSSR count). The van der Waals surface area contributed by atoms with E-state index in [4.69, 9.17) is 4.42 Å². The van der Waals surface area contributed by atoms with Gasteiger partial charge in [0.05, 0.1) is 5.69 Å². The zero-order valence-corrected chi connectivity index (χ0v) is 16.7. The molecule has 0 fully saturated rings. The third-order valence-electron chi connectivity index (χ3n) is 5.35. The van der Waals surface area contributed by atoms with Gasteiger partial charge in [-0.3, -0.25) is 4.98 Å². The van der Waals surface area contributed by atoms with E-state index in [9.17, 15) is 0 Å². The van der Waals surface area contributed by atoms with Gasteiger partial charge in [0.1, 0.15) is 11.2 Å². The lowest BCUT2D eigenvalue weighted by Crippen LogP contribution is -1.95. The number of aromatic nitrogens is 1. The molecule has 0 radical (unpaired) electrons. The van der Waals surface area contributed by atoms with E-state index in [1.807, 2.05) is 12.3 Å². The van der Waals surface area contributed by atoms with Crippen LogP contribution in [0.25, 0.3) is 44.3 Å². The summed E-state index contributed by atoms with van der Waals surface area (Å²) in [6.07, 6.45) is 2.95. The number of benzene rings is 3. The Morgan fingerprint density at radius 2 is 1.66 bits per heavy atom. The van der Waals surface area contributed by atoms with Gasteiger partial charge in [0, 0.05) is 22.5 Å². The van der Waals surface area contributed by atoms with Crippen LogP contribution in [0.15, 0.2) is 89.5 Å². The zero-order chi connectivity index (χ0) is 19.8. The van der Waals surface area contributed by atoms with E-state index in [2.05, 4.69) is 91.6 Å². The zero-order valence-electron chi connectivity index (χ0n) is 16.7. The number of nitrogens with zero attached hydrogens (tertiary/aromatic N) is 1. The van der Waals surface area contributed by atoms with Crippen LogP contribution >= 0.6 is 0 Å². The highest BCUT2D eigenvalue weighted by molar-refractivity contribution is 6.10. The van der Waals surface area contributed by atoms with E-state index in [1.165, 1.54) is 11.1 Å². The normalized spacial score (nSPS) is 11.6. The van der Waals surface area contributed by atoms with Gasteiger partial charge >= 0.3 is 0 Å². The minimum Gasteiger partial charge on any atom is -0.455 e. The summed E-state index contributed by atoms with van der Waals surface area (Å²) in [4.78, 5) is 4.64. The van der Waals surface area contributed by atoms with Crippen LogP contribution in [0.3, 0.4) is 0 Å². The summed E-state index contributed by atoms with van der Waals surface area (Å²) in [5, 5.41) is 2.27. The molecule has 0 saturated heterocycles. The molecule has 29 heavy (non-hydrogen) atoms. The van der Waals surface area contributed by atoms with Crippen LogP contribution in [0, 0.1) is 5.92 Å². The van der Waals surface area contributed by atoms with Crippen LogP contribution in [-0.2, 0) is 6.42 Å². The Morgan fingerprint density at radius 3 is 2.48 bits per heavy atom. The van der Waals surface area contributed by atoms with Gasteiger partial charge in [-0.15, -0.1) is 0 Å². The van der Waals surface area contributed by atoms with Crippen molar-refractivity contribution in [2.24, 2.45) is 5.92 Å². The maximum Gasteiger partial charge on any atom is 0.144 e. The maximum atomic E-state index is 6.38. The summed E-state index contributed by atoms with van der Waals surface area (Å²) in [5.74, 6) is 0.614. The molecule has 3 aromatic carbocycles. The molecule has 0 bridgehead atoms. The van der Waals surface area contributed by atoms with Crippen LogP contribution < -0.4 is 0 Å². The standard InChI is InChI=1S/C27H23NO/c1-18(2)15-19-13-14-28-25(16-19)24-10-6-9-23-22-12-11-21(17-26(22)29-27(23)24)20-7-4-3-5-8-20/h3-14,16-18H,15H2,1-2H3. The first kappa shape index (κ1) is 17.7. The van der Waals surface area contributed by atoms with E-state index in [1.54, 1.807) is 0 Å². The van der Waals surface area contributed by atoms with Crippen molar-refractivity contribution in [3.63, 3.8) is 0 Å². The lowest BCUT2D eigenvalue weighted by atomic mass is 10.00. The fourth-order valence-electron chi connectivity index (χ4n) is 4.03. The van der Waals surface area contributed by atoms with Crippen molar-refractivity contribution in [3.05, 3.63) is 90.6 Å². The number of hydrogen-bond acceptors (Lipinski definition) is 2.